The number of unbranched alkanes of at least 4 members (excludes halogenated alkanes) is 26. The number of hydrogen-bond acceptors (Lipinski definition) is 9. The third-order valence-electron chi connectivity index (χ3n) is 9.89. The molecule has 3 atom stereocenters. The van der Waals surface area contributed by atoms with E-state index in [2.05, 4.69) is 38.2 Å². The van der Waals surface area contributed by atoms with E-state index < -0.39 is 51.8 Å². The fraction of sp³-hybridized carbons (Fsp3) is 0.867. The van der Waals surface area contributed by atoms with Gasteiger partial charge in [0.15, 0.2) is 6.10 Å². The van der Waals surface area contributed by atoms with Gasteiger partial charge in [-0.15, -0.1) is 0 Å². The summed E-state index contributed by atoms with van der Waals surface area (Å²) >= 11 is 0. The van der Waals surface area contributed by atoms with E-state index in [-0.39, 0.29) is 19.4 Å². The van der Waals surface area contributed by atoms with E-state index in [1.807, 2.05) is 0 Å². The maximum atomic E-state index is 12.6. The van der Waals surface area contributed by atoms with Crippen molar-refractivity contribution in [3.63, 3.8) is 0 Å². The molecule has 0 saturated carbocycles. The minimum absolute atomic E-state index is 0.185. The number of esters is 2. The number of aliphatic hydroxyl groups is 2. The van der Waals surface area contributed by atoms with Crippen molar-refractivity contribution < 1.29 is 47.8 Å². The van der Waals surface area contributed by atoms with Crippen molar-refractivity contribution in [2.24, 2.45) is 0 Å². The van der Waals surface area contributed by atoms with Gasteiger partial charge in [0.05, 0.1) is 19.8 Å². The van der Waals surface area contributed by atoms with Crippen molar-refractivity contribution >= 4 is 19.8 Å². The largest absolute Gasteiger partial charge is 0.472 e. The van der Waals surface area contributed by atoms with Crippen LogP contribution in [0.25, 0.3) is 0 Å². The van der Waals surface area contributed by atoms with Gasteiger partial charge in [-0.25, -0.2) is 4.57 Å². The van der Waals surface area contributed by atoms with Crippen LogP contribution in [0, 0.1) is 0 Å². The molecule has 10 nitrogen and oxygen atoms in total. The number of ether oxygens (including phenoxy) is 2. The standard InChI is InChI=1S/C45H85O10P/c1-3-5-7-9-11-13-15-17-19-20-21-23-25-27-29-31-33-35-37-45(49)55-43(41-54-56(50,51)53-39-42(47)38-46)40-52-44(48)36-34-32-30-28-26-24-22-18-16-14-12-10-8-6-4-2/h14,16,18,22,42-43,46-47H,3-13,15,17,19-21,23-41H2,1-2H3,(H,50,51)/b16-14+,22-18+/t42-,43+/m0/s1. The molecule has 3 N–H and O–H groups in total. The molecule has 0 aromatic heterocycles. The Kier molecular flexibility index (Phi) is 40.5. The summed E-state index contributed by atoms with van der Waals surface area (Å²) < 4.78 is 32.7. The zero-order chi connectivity index (χ0) is 41.2. The van der Waals surface area contributed by atoms with E-state index in [1.165, 1.54) is 116 Å². The molecule has 0 amide bonds. The second kappa shape index (κ2) is 41.6. The molecule has 0 aliphatic rings. The lowest BCUT2D eigenvalue weighted by Gasteiger charge is -2.20. The Bertz CT molecular complexity index is 988. The average molecular weight is 817 g/mol. The van der Waals surface area contributed by atoms with Crippen molar-refractivity contribution in [2.75, 3.05) is 26.4 Å². The van der Waals surface area contributed by atoms with E-state index in [1.54, 1.807) is 0 Å². The fourth-order valence-electron chi connectivity index (χ4n) is 6.34. The smallest absolute Gasteiger partial charge is 0.462 e. The Hall–Kier alpha value is -1.55. The molecule has 0 rings (SSSR count). The predicted molar refractivity (Wildman–Crippen MR) is 228 cm³/mol. The maximum absolute atomic E-state index is 12.6. The van der Waals surface area contributed by atoms with Gasteiger partial charge in [-0.05, 0) is 38.5 Å². The molecule has 1 unspecified atom stereocenters. The fourth-order valence-corrected chi connectivity index (χ4v) is 7.13. The molecule has 0 spiro atoms. The van der Waals surface area contributed by atoms with Gasteiger partial charge in [-0.2, -0.15) is 0 Å². The van der Waals surface area contributed by atoms with Crippen LogP contribution in [0.5, 0.6) is 0 Å². The van der Waals surface area contributed by atoms with Gasteiger partial charge in [0.1, 0.15) is 12.7 Å². The third kappa shape index (κ3) is 40.6. The molecule has 330 valence electrons. The molecular formula is C45H85O10P. The Balaban J connectivity index is 4.26. The summed E-state index contributed by atoms with van der Waals surface area (Å²) in [6, 6.07) is 0. The summed E-state index contributed by atoms with van der Waals surface area (Å²) in [5.74, 6) is -0.933. The molecule has 0 aliphatic carbocycles. The minimum Gasteiger partial charge on any atom is -0.462 e. The highest BCUT2D eigenvalue weighted by atomic mass is 31.2. The Labute approximate surface area is 342 Å². The van der Waals surface area contributed by atoms with Crippen molar-refractivity contribution in [2.45, 2.75) is 225 Å². The normalized spacial score (nSPS) is 14.0. The lowest BCUT2D eigenvalue weighted by atomic mass is 10.0. The molecule has 0 heterocycles. The summed E-state index contributed by atoms with van der Waals surface area (Å²) in [7, 11) is -4.62. The van der Waals surface area contributed by atoms with Gasteiger partial charge in [0.2, 0.25) is 0 Å². The number of allylic oxidation sites excluding steroid dienone is 4. The zero-order valence-electron chi connectivity index (χ0n) is 35.9. The first-order valence-electron chi connectivity index (χ1n) is 22.8. The van der Waals surface area contributed by atoms with Crippen LogP contribution in [-0.2, 0) is 32.7 Å². The van der Waals surface area contributed by atoms with Crippen LogP contribution in [0.3, 0.4) is 0 Å². The summed E-state index contributed by atoms with van der Waals surface area (Å²) in [4.78, 5) is 35.0. The van der Waals surface area contributed by atoms with Crippen molar-refractivity contribution in [3.05, 3.63) is 24.3 Å². The van der Waals surface area contributed by atoms with Gasteiger partial charge in [-0.1, -0.05) is 186 Å². The van der Waals surface area contributed by atoms with E-state index in [0.29, 0.717) is 12.8 Å². The Morgan fingerprint density at radius 2 is 0.911 bits per heavy atom. The number of aliphatic hydroxyl groups excluding tert-OH is 2. The minimum atomic E-state index is -4.62. The highest BCUT2D eigenvalue weighted by molar-refractivity contribution is 7.47. The number of rotatable bonds is 43. The molecule has 0 bridgehead atoms. The van der Waals surface area contributed by atoms with Crippen LogP contribution in [0.2, 0.25) is 0 Å². The van der Waals surface area contributed by atoms with Crippen LogP contribution in [0.15, 0.2) is 24.3 Å². The van der Waals surface area contributed by atoms with Crippen molar-refractivity contribution in [3.8, 4) is 0 Å². The van der Waals surface area contributed by atoms with Crippen LogP contribution >= 0.6 is 7.82 Å². The van der Waals surface area contributed by atoms with Crippen LogP contribution < -0.4 is 0 Å². The monoisotopic (exact) mass is 817 g/mol. The number of carbonyl (C=O) groups excluding carboxylic acids is 2. The maximum Gasteiger partial charge on any atom is 0.472 e. The van der Waals surface area contributed by atoms with Crippen LogP contribution in [-0.4, -0.2) is 65.7 Å². The van der Waals surface area contributed by atoms with E-state index >= 15 is 0 Å². The Morgan fingerprint density at radius 1 is 0.536 bits per heavy atom. The third-order valence-corrected chi connectivity index (χ3v) is 10.8. The summed E-state index contributed by atoms with van der Waals surface area (Å²) in [5.41, 5.74) is 0. The summed E-state index contributed by atoms with van der Waals surface area (Å²) in [5, 5.41) is 18.3. The first-order valence-corrected chi connectivity index (χ1v) is 24.3. The van der Waals surface area contributed by atoms with Crippen molar-refractivity contribution in [1.29, 1.82) is 0 Å². The van der Waals surface area contributed by atoms with Crippen molar-refractivity contribution in [1.82, 2.24) is 0 Å². The Morgan fingerprint density at radius 3 is 1.36 bits per heavy atom. The molecule has 0 fully saturated rings. The van der Waals surface area contributed by atoms with Gasteiger partial charge >= 0.3 is 19.8 Å². The highest BCUT2D eigenvalue weighted by Gasteiger charge is 2.27. The van der Waals surface area contributed by atoms with Crippen LogP contribution in [0.1, 0.15) is 213 Å². The highest BCUT2D eigenvalue weighted by Crippen LogP contribution is 2.43. The number of carbonyl (C=O) groups is 2. The topological polar surface area (TPSA) is 149 Å². The molecule has 0 radical (unpaired) electrons. The lowest BCUT2D eigenvalue weighted by Crippen LogP contribution is -2.29. The van der Waals surface area contributed by atoms with Gasteiger partial charge in [0.25, 0.3) is 0 Å². The molecule has 0 aromatic rings. The van der Waals surface area contributed by atoms with E-state index in [4.69, 9.17) is 23.6 Å². The molecular weight excluding hydrogens is 731 g/mol. The molecule has 0 aromatic carbocycles. The van der Waals surface area contributed by atoms with E-state index in [0.717, 1.165) is 57.8 Å². The van der Waals surface area contributed by atoms with E-state index in [9.17, 15) is 24.2 Å². The first kappa shape index (κ1) is 54.5. The molecule has 56 heavy (non-hydrogen) atoms. The van der Waals surface area contributed by atoms with Crippen LogP contribution in [0.4, 0.5) is 0 Å². The molecule has 11 heteroatoms. The molecule has 0 saturated heterocycles. The quantitative estimate of drug-likeness (QED) is 0.0235. The average Bonchev–Trinajstić information content (AvgIpc) is 3.19. The van der Waals surface area contributed by atoms with Gasteiger partial charge in [-0.3, -0.25) is 18.6 Å². The number of phosphoric ester groups is 1. The summed E-state index contributed by atoms with van der Waals surface area (Å²) in [6.45, 7) is 2.37. The summed E-state index contributed by atoms with van der Waals surface area (Å²) in [6.07, 6.45) is 41.4. The second-order valence-corrected chi connectivity index (χ2v) is 16.9. The molecule has 0 aliphatic heterocycles. The first-order chi connectivity index (χ1) is 27.2. The SMILES string of the molecule is CCCCCC/C=C/C=C/CCCCCCCC(=O)OC[C@H](COP(=O)(O)OC[C@@H](O)CO)OC(=O)CCCCCCCCCCCCCCCCCCCC. The second-order valence-electron chi connectivity index (χ2n) is 15.5. The number of phosphoric acid groups is 1. The van der Waals surface area contributed by atoms with Gasteiger partial charge in [0, 0.05) is 12.8 Å². The number of hydrogen-bond donors (Lipinski definition) is 3. The predicted octanol–water partition coefficient (Wildman–Crippen LogP) is 12.2. The lowest BCUT2D eigenvalue weighted by molar-refractivity contribution is -0.161. The zero-order valence-corrected chi connectivity index (χ0v) is 36.8. The van der Waals surface area contributed by atoms with Gasteiger partial charge < -0.3 is 24.6 Å².